The molecule has 3 rings (SSSR count). The fourth-order valence-electron chi connectivity index (χ4n) is 4.10. The van der Waals surface area contributed by atoms with Gasteiger partial charge in [0.05, 0.1) is 5.92 Å². The second-order valence-corrected chi connectivity index (χ2v) is 8.44. The summed E-state index contributed by atoms with van der Waals surface area (Å²) in [6.45, 7) is 6.98. The van der Waals surface area contributed by atoms with E-state index in [1.165, 1.54) is 0 Å². The number of alkyl halides is 3. The van der Waals surface area contributed by atoms with Crippen LogP contribution in [0.15, 0.2) is 23.3 Å². The number of hydrogen-bond donors (Lipinski definition) is 1. The Morgan fingerprint density at radius 2 is 2.10 bits per heavy atom. The number of benzene rings is 1. The van der Waals surface area contributed by atoms with Gasteiger partial charge in [-0.15, -0.1) is 0 Å². The Morgan fingerprint density at radius 1 is 1.41 bits per heavy atom. The van der Waals surface area contributed by atoms with E-state index in [0.717, 1.165) is 11.1 Å². The van der Waals surface area contributed by atoms with Crippen LogP contribution >= 0.6 is 0 Å². The zero-order valence-corrected chi connectivity index (χ0v) is 17.1. The van der Waals surface area contributed by atoms with Crippen molar-refractivity contribution < 1.29 is 27.8 Å². The highest BCUT2D eigenvalue weighted by molar-refractivity contribution is 5.93. The van der Waals surface area contributed by atoms with Crippen molar-refractivity contribution in [2.45, 2.75) is 64.8 Å². The first-order chi connectivity index (χ1) is 13.4. The molecule has 1 aliphatic heterocycles. The van der Waals surface area contributed by atoms with Crippen LogP contribution in [0.3, 0.4) is 0 Å². The molecule has 1 amide bonds. The van der Waals surface area contributed by atoms with Gasteiger partial charge in [0.15, 0.2) is 6.61 Å². The van der Waals surface area contributed by atoms with Gasteiger partial charge in [-0.3, -0.25) is 4.79 Å². The van der Waals surface area contributed by atoms with Crippen LogP contribution < -0.4 is 4.74 Å². The molecule has 1 aromatic rings. The molecule has 0 bridgehead atoms. The number of aliphatic hydroxyl groups is 1. The molecule has 1 N–H and O–H groups in total. The number of nitrogens with zero attached hydrogens (tertiary/aromatic N) is 2. The molecule has 160 valence electrons. The smallest absolute Gasteiger partial charge is 0.439 e. The summed E-state index contributed by atoms with van der Waals surface area (Å²) in [5.41, 5.74) is -1.34. The maximum Gasteiger partial charge on any atom is 0.439 e. The van der Waals surface area contributed by atoms with E-state index in [-0.39, 0.29) is 29.0 Å². The van der Waals surface area contributed by atoms with Crippen molar-refractivity contribution in [3.05, 3.63) is 29.3 Å². The lowest BCUT2D eigenvalue weighted by atomic mass is 9.76. The van der Waals surface area contributed by atoms with E-state index in [1.54, 1.807) is 6.07 Å². The summed E-state index contributed by atoms with van der Waals surface area (Å²) in [7, 11) is 0. The van der Waals surface area contributed by atoms with Crippen molar-refractivity contribution in [2.24, 2.45) is 16.9 Å². The van der Waals surface area contributed by atoms with E-state index >= 15 is 0 Å². The summed E-state index contributed by atoms with van der Waals surface area (Å²) in [5, 5.41) is 14.8. The van der Waals surface area contributed by atoms with Gasteiger partial charge in [0, 0.05) is 5.71 Å². The van der Waals surface area contributed by atoms with Crippen molar-refractivity contribution in [3.63, 3.8) is 0 Å². The van der Waals surface area contributed by atoms with E-state index in [0.29, 0.717) is 18.6 Å². The number of fused-ring (bicyclic) bond motifs is 1. The minimum Gasteiger partial charge on any atom is -0.483 e. The summed E-state index contributed by atoms with van der Waals surface area (Å²) in [5.74, 6) is -1.68. The third kappa shape index (κ3) is 3.86. The Labute approximate surface area is 168 Å². The molecule has 3 atom stereocenters. The standard InChI is InChI=1S/C21H27F3N2O3/c1-12(2)15-7-5-14(4)10-18(15)29-11-19(27)26-20(28,21(22,23)24)16-9-13(3)6-8-17(16)25-26/h5,7,10,12-13,16,28H,6,8-9,11H2,1-4H3/t13-,16-,20-/m0/s1. The minimum absolute atomic E-state index is 0.0139. The highest BCUT2D eigenvalue weighted by Gasteiger charge is 2.68. The van der Waals surface area contributed by atoms with Gasteiger partial charge in [0.1, 0.15) is 5.75 Å². The van der Waals surface area contributed by atoms with Crippen molar-refractivity contribution in [1.29, 1.82) is 0 Å². The van der Waals surface area contributed by atoms with E-state index in [1.807, 2.05) is 39.8 Å². The molecule has 0 unspecified atom stereocenters. The molecule has 1 heterocycles. The number of aryl methyl sites for hydroxylation is 1. The van der Waals surface area contributed by atoms with Crippen LogP contribution in [0, 0.1) is 18.8 Å². The zero-order chi connectivity index (χ0) is 21.6. The SMILES string of the molecule is Cc1ccc(C(C)C)c(OCC(=O)N2N=C3CC[C@H](C)C[C@@H]3[C@]2(O)C(F)(F)F)c1. The fourth-order valence-corrected chi connectivity index (χ4v) is 4.10. The van der Waals surface area contributed by atoms with Crippen LogP contribution in [0.25, 0.3) is 0 Å². The predicted octanol–water partition coefficient (Wildman–Crippen LogP) is 4.38. The molecule has 0 radical (unpaired) electrons. The molecule has 1 aromatic carbocycles. The maximum absolute atomic E-state index is 13.9. The van der Waals surface area contributed by atoms with E-state index in [2.05, 4.69) is 5.10 Å². The number of hydrazone groups is 1. The van der Waals surface area contributed by atoms with E-state index < -0.39 is 30.3 Å². The number of carbonyl (C=O) groups is 1. The van der Waals surface area contributed by atoms with Crippen LogP contribution in [-0.2, 0) is 4.79 Å². The lowest BCUT2D eigenvalue weighted by Crippen LogP contribution is -2.62. The Bertz CT molecular complexity index is 822. The van der Waals surface area contributed by atoms with Gasteiger partial charge < -0.3 is 9.84 Å². The third-order valence-electron chi connectivity index (χ3n) is 5.77. The summed E-state index contributed by atoms with van der Waals surface area (Å²) in [6.07, 6.45) is -3.87. The summed E-state index contributed by atoms with van der Waals surface area (Å²) < 4.78 is 47.2. The number of rotatable bonds is 4. The summed E-state index contributed by atoms with van der Waals surface area (Å²) in [4.78, 5) is 12.7. The molecule has 1 saturated carbocycles. The molecular formula is C21H27F3N2O3. The zero-order valence-electron chi connectivity index (χ0n) is 17.1. The Kier molecular flexibility index (Phi) is 5.69. The molecule has 1 fully saturated rings. The van der Waals surface area contributed by atoms with Crippen LogP contribution in [0.2, 0.25) is 0 Å². The van der Waals surface area contributed by atoms with Gasteiger partial charge in [-0.25, -0.2) is 0 Å². The van der Waals surface area contributed by atoms with Crippen LogP contribution in [-0.4, -0.2) is 40.2 Å². The Hall–Kier alpha value is -2.09. The molecule has 2 aliphatic rings. The monoisotopic (exact) mass is 412 g/mol. The Balaban J connectivity index is 1.85. The first-order valence-electron chi connectivity index (χ1n) is 9.88. The van der Waals surface area contributed by atoms with Gasteiger partial charge in [0.2, 0.25) is 0 Å². The van der Waals surface area contributed by atoms with Crippen molar-refractivity contribution in [1.82, 2.24) is 5.01 Å². The van der Waals surface area contributed by atoms with E-state index in [4.69, 9.17) is 4.74 Å². The molecular weight excluding hydrogens is 385 g/mol. The lowest BCUT2D eigenvalue weighted by Gasteiger charge is -2.39. The normalized spacial score (nSPS) is 27.1. The van der Waals surface area contributed by atoms with Crippen LogP contribution in [0.5, 0.6) is 5.75 Å². The Morgan fingerprint density at radius 3 is 2.72 bits per heavy atom. The largest absolute Gasteiger partial charge is 0.483 e. The van der Waals surface area contributed by atoms with E-state index in [9.17, 15) is 23.1 Å². The van der Waals surface area contributed by atoms with Gasteiger partial charge in [0.25, 0.3) is 11.6 Å². The fraction of sp³-hybridized carbons (Fsp3) is 0.619. The number of ether oxygens (including phenoxy) is 1. The number of amides is 1. The average molecular weight is 412 g/mol. The quantitative estimate of drug-likeness (QED) is 0.798. The highest BCUT2D eigenvalue weighted by Crippen LogP contribution is 2.49. The van der Waals surface area contributed by atoms with Gasteiger partial charge in [-0.1, -0.05) is 32.9 Å². The van der Waals surface area contributed by atoms with Crippen molar-refractivity contribution in [3.8, 4) is 5.75 Å². The van der Waals surface area contributed by atoms with Crippen LogP contribution in [0.4, 0.5) is 13.2 Å². The highest BCUT2D eigenvalue weighted by atomic mass is 19.4. The minimum atomic E-state index is -5.03. The van der Waals surface area contributed by atoms with Gasteiger partial charge in [-0.05, 0) is 55.2 Å². The second-order valence-electron chi connectivity index (χ2n) is 8.44. The van der Waals surface area contributed by atoms with Crippen molar-refractivity contribution in [2.75, 3.05) is 6.61 Å². The lowest BCUT2D eigenvalue weighted by molar-refractivity contribution is -0.318. The molecule has 0 aromatic heterocycles. The molecule has 1 aliphatic carbocycles. The molecule has 5 nitrogen and oxygen atoms in total. The maximum atomic E-state index is 13.9. The molecule has 0 saturated heterocycles. The summed E-state index contributed by atoms with van der Waals surface area (Å²) in [6, 6.07) is 5.53. The summed E-state index contributed by atoms with van der Waals surface area (Å²) >= 11 is 0. The van der Waals surface area contributed by atoms with Crippen LogP contribution in [0.1, 0.15) is 57.1 Å². The van der Waals surface area contributed by atoms with Crippen molar-refractivity contribution >= 4 is 11.6 Å². The topological polar surface area (TPSA) is 62.1 Å². The first kappa shape index (κ1) is 21.6. The number of halogens is 3. The second kappa shape index (κ2) is 7.63. The molecule has 8 heteroatoms. The van der Waals surface area contributed by atoms with Gasteiger partial charge >= 0.3 is 6.18 Å². The molecule has 0 spiro atoms. The third-order valence-corrected chi connectivity index (χ3v) is 5.77. The molecule has 29 heavy (non-hydrogen) atoms. The van der Waals surface area contributed by atoms with Gasteiger partial charge in [-0.2, -0.15) is 23.3 Å². The predicted molar refractivity (Wildman–Crippen MR) is 103 cm³/mol. The number of hydrogen-bond acceptors (Lipinski definition) is 4. The first-order valence-corrected chi connectivity index (χ1v) is 9.88. The number of carbonyl (C=O) groups excluding carboxylic acids is 1. The average Bonchev–Trinajstić information content (AvgIpc) is 2.93.